The van der Waals surface area contributed by atoms with E-state index >= 15 is 0 Å². The van der Waals surface area contributed by atoms with Crippen molar-refractivity contribution in [3.63, 3.8) is 0 Å². The molecule has 2 unspecified atom stereocenters. The first-order valence-electron chi connectivity index (χ1n) is 9.90. The van der Waals surface area contributed by atoms with E-state index < -0.39 is 0 Å². The molecular weight excluding hydrogens is 308 g/mol. The fraction of sp³-hybridized carbons (Fsp3) is 0.727. The van der Waals surface area contributed by atoms with E-state index in [0.29, 0.717) is 17.8 Å². The zero-order valence-electron chi connectivity index (χ0n) is 16.7. The fourth-order valence-corrected chi connectivity index (χ4v) is 7.45. The van der Waals surface area contributed by atoms with Gasteiger partial charge >= 0.3 is 0 Å². The predicted molar refractivity (Wildman–Crippen MR) is 103 cm³/mol. The molecule has 1 heterocycles. The van der Waals surface area contributed by atoms with Gasteiger partial charge in [-0.15, -0.1) is 0 Å². The Morgan fingerprint density at radius 3 is 2.60 bits per heavy atom. The van der Waals surface area contributed by atoms with Crippen molar-refractivity contribution in [1.29, 1.82) is 0 Å². The number of likely N-dealkylation sites (tertiary alicyclic amines) is 1. The summed E-state index contributed by atoms with van der Waals surface area (Å²) in [5, 5.41) is 14.2. The molecule has 1 aromatic carbocycles. The Labute approximate surface area is 152 Å². The van der Waals surface area contributed by atoms with Crippen LogP contribution in [-0.4, -0.2) is 42.7 Å². The number of phenolic OH excluding ortho intramolecular Hbond substituents is 1. The number of nitrogens with one attached hydrogen (secondary N) is 1. The number of phenols is 1. The van der Waals surface area contributed by atoms with E-state index in [1.165, 1.54) is 30.4 Å². The zero-order chi connectivity index (χ0) is 18.2. The largest absolute Gasteiger partial charge is 0.508 e. The first-order chi connectivity index (χ1) is 11.7. The highest BCUT2D eigenvalue weighted by Gasteiger charge is 2.69. The molecule has 2 N–H and O–H groups in total. The highest BCUT2D eigenvalue weighted by Crippen LogP contribution is 2.69. The van der Waals surface area contributed by atoms with Crippen LogP contribution in [0.5, 0.6) is 5.75 Å². The van der Waals surface area contributed by atoms with E-state index in [0.717, 1.165) is 18.5 Å². The molecule has 2 aliphatic carbocycles. The van der Waals surface area contributed by atoms with Gasteiger partial charge in [-0.05, 0) is 86.8 Å². The lowest BCUT2D eigenvalue weighted by molar-refractivity contribution is -0.145. The molecule has 3 aliphatic rings. The minimum Gasteiger partial charge on any atom is -0.508 e. The number of likely N-dealkylation sites (N-methyl/N-ethyl adjacent to an activating group) is 1. The summed E-state index contributed by atoms with van der Waals surface area (Å²) in [5.41, 5.74) is 4.57. The van der Waals surface area contributed by atoms with Crippen molar-refractivity contribution in [2.24, 2.45) is 10.8 Å². The van der Waals surface area contributed by atoms with Gasteiger partial charge in [0, 0.05) is 17.5 Å². The van der Waals surface area contributed by atoms with Crippen LogP contribution in [0.15, 0.2) is 12.1 Å². The second-order valence-electron chi connectivity index (χ2n) is 9.62. The molecule has 0 aromatic heterocycles. The smallest absolute Gasteiger partial charge is 0.118 e. The summed E-state index contributed by atoms with van der Waals surface area (Å²) in [6.07, 6.45) is 4.79. The van der Waals surface area contributed by atoms with Crippen LogP contribution in [0.4, 0.5) is 0 Å². The van der Waals surface area contributed by atoms with E-state index in [-0.39, 0.29) is 16.2 Å². The average Bonchev–Trinajstić information content (AvgIpc) is 2.54. The van der Waals surface area contributed by atoms with Gasteiger partial charge in [-0.25, -0.2) is 0 Å². The van der Waals surface area contributed by atoms with Gasteiger partial charge in [0.15, 0.2) is 0 Å². The lowest BCUT2D eigenvalue weighted by Gasteiger charge is -2.72. The molecule has 1 aromatic rings. The van der Waals surface area contributed by atoms with Crippen molar-refractivity contribution >= 4 is 0 Å². The average molecular weight is 343 g/mol. The lowest BCUT2D eigenvalue weighted by atomic mass is 9.36. The summed E-state index contributed by atoms with van der Waals surface area (Å²) >= 11 is 0. The number of rotatable bonds is 1. The number of benzene rings is 1. The highest BCUT2D eigenvalue weighted by atomic mass is 16.3. The van der Waals surface area contributed by atoms with Gasteiger partial charge in [-0.1, -0.05) is 26.8 Å². The van der Waals surface area contributed by atoms with E-state index in [1.54, 1.807) is 0 Å². The summed E-state index contributed by atoms with van der Waals surface area (Å²) in [4.78, 5) is 2.61. The summed E-state index contributed by atoms with van der Waals surface area (Å²) in [5.74, 6) is 0.468. The summed E-state index contributed by atoms with van der Waals surface area (Å²) < 4.78 is 0. The van der Waals surface area contributed by atoms with Crippen LogP contribution in [0.25, 0.3) is 0 Å². The van der Waals surface area contributed by atoms with Gasteiger partial charge in [0.1, 0.15) is 5.75 Å². The maximum absolute atomic E-state index is 10.6. The Morgan fingerprint density at radius 2 is 1.92 bits per heavy atom. The molecule has 1 aliphatic heterocycles. The molecule has 4 rings (SSSR count). The number of piperidine rings is 1. The number of fused-ring (bicyclic) bond motifs is 1. The topological polar surface area (TPSA) is 35.5 Å². The maximum atomic E-state index is 10.6. The Hall–Kier alpha value is -1.06. The van der Waals surface area contributed by atoms with Crippen LogP contribution in [0.1, 0.15) is 56.7 Å². The fourth-order valence-electron chi connectivity index (χ4n) is 7.45. The monoisotopic (exact) mass is 342 g/mol. The number of nitrogens with zero attached hydrogens (tertiary/aromatic N) is 1. The molecule has 0 radical (unpaired) electrons. The van der Waals surface area contributed by atoms with Gasteiger partial charge in [-0.3, -0.25) is 0 Å². The van der Waals surface area contributed by atoms with E-state index in [1.807, 2.05) is 6.07 Å². The highest BCUT2D eigenvalue weighted by molar-refractivity contribution is 5.54. The second kappa shape index (κ2) is 5.23. The summed E-state index contributed by atoms with van der Waals surface area (Å²) in [6.45, 7) is 10.8. The third-order valence-electron chi connectivity index (χ3n) is 8.72. The first-order valence-corrected chi connectivity index (χ1v) is 9.90. The van der Waals surface area contributed by atoms with Crippen LogP contribution in [-0.2, 0) is 11.8 Å². The van der Waals surface area contributed by atoms with Crippen molar-refractivity contribution in [2.45, 2.75) is 70.9 Å². The van der Waals surface area contributed by atoms with Gasteiger partial charge in [0.05, 0.1) is 0 Å². The Balaban J connectivity index is 2.07. The van der Waals surface area contributed by atoms with Crippen molar-refractivity contribution in [1.82, 2.24) is 10.2 Å². The third-order valence-corrected chi connectivity index (χ3v) is 8.72. The number of hydrogen-bond acceptors (Lipinski definition) is 3. The maximum Gasteiger partial charge on any atom is 0.118 e. The predicted octanol–water partition coefficient (Wildman–Crippen LogP) is 3.61. The minimum absolute atomic E-state index is 0.111. The van der Waals surface area contributed by atoms with Crippen LogP contribution in [0.3, 0.4) is 0 Å². The molecule has 25 heavy (non-hydrogen) atoms. The molecule has 2 bridgehead atoms. The van der Waals surface area contributed by atoms with Crippen molar-refractivity contribution in [3.8, 4) is 5.75 Å². The SMILES string of the molecule is CNC1CCC2(C)[C@@H]3Cc4ccc(O)c(C)c4[C@@]2(CCN3C)C1(C)C. The van der Waals surface area contributed by atoms with Crippen molar-refractivity contribution < 1.29 is 5.11 Å². The number of hydrogen-bond donors (Lipinski definition) is 2. The van der Waals surface area contributed by atoms with Crippen molar-refractivity contribution in [3.05, 3.63) is 28.8 Å². The van der Waals surface area contributed by atoms with Gasteiger partial charge in [0.2, 0.25) is 0 Å². The Bertz CT molecular complexity index is 712. The van der Waals surface area contributed by atoms with Crippen LogP contribution in [0.2, 0.25) is 0 Å². The van der Waals surface area contributed by atoms with Crippen molar-refractivity contribution in [2.75, 3.05) is 20.6 Å². The van der Waals surface area contributed by atoms with Crippen LogP contribution in [0, 0.1) is 17.8 Å². The lowest BCUT2D eigenvalue weighted by Crippen LogP contribution is -2.74. The minimum atomic E-state index is 0.111. The summed E-state index contributed by atoms with van der Waals surface area (Å²) in [6, 6.07) is 5.21. The molecule has 2 fully saturated rings. The Morgan fingerprint density at radius 1 is 1.20 bits per heavy atom. The van der Waals surface area contributed by atoms with Crippen LogP contribution >= 0.6 is 0 Å². The molecule has 0 amide bonds. The van der Waals surface area contributed by atoms with Gasteiger partial charge in [-0.2, -0.15) is 0 Å². The van der Waals surface area contributed by atoms with E-state index in [9.17, 15) is 5.11 Å². The molecule has 3 nitrogen and oxygen atoms in total. The molecule has 1 saturated heterocycles. The Kier molecular flexibility index (Phi) is 3.63. The number of aromatic hydroxyl groups is 1. The molecule has 3 heteroatoms. The first kappa shape index (κ1) is 17.4. The molecule has 1 saturated carbocycles. The summed E-state index contributed by atoms with van der Waals surface area (Å²) in [7, 11) is 4.44. The molecular formula is C22H34N2O. The van der Waals surface area contributed by atoms with E-state index in [2.05, 4.69) is 58.1 Å². The van der Waals surface area contributed by atoms with Gasteiger partial charge in [0.25, 0.3) is 0 Å². The van der Waals surface area contributed by atoms with E-state index in [4.69, 9.17) is 0 Å². The standard InChI is InChI=1S/C22H34N2O/c1-14-16(25)8-7-15-13-18-21(4)10-9-17(23-5)20(2,3)22(21,19(14)15)11-12-24(18)6/h7-8,17-18,23,25H,9-13H2,1-6H3/t17?,18-,21?,22-/m0/s1. The third kappa shape index (κ3) is 1.84. The van der Waals surface area contributed by atoms with Crippen LogP contribution < -0.4 is 5.32 Å². The zero-order valence-corrected chi connectivity index (χ0v) is 16.7. The second-order valence-corrected chi connectivity index (χ2v) is 9.62. The molecule has 138 valence electrons. The molecule has 0 spiro atoms. The molecule has 4 atom stereocenters. The quantitative estimate of drug-likeness (QED) is 0.818. The van der Waals surface area contributed by atoms with Gasteiger partial charge < -0.3 is 15.3 Å². The normalized spacial score (nSPS) is 39.6.